The Balaban J connectivity index is 2.05. The molecule has 1 aliphatic rings. The van der Waals surface area contributed by atoms with Crippen LogP contribution in [0.1, 0.15) is 37.7 Å². The second kappa shape index (κ2) is 6.26. The van der Waals surface area contributed by atoms with E-state index in [4.69, 9.17) is 15.2 Å². The van der Waals surface area contributed by atoms with Gasteiger partial charge in [0.1, 0.15) is 6.61 Å². The van der Waals surface area contributed by atoms with Crippen LogP contribution < -0.4 is 15.2 Å². The SMILES string of the molecule is COc1ccc(CN)cc1OCC1(O)CCCCC1. The molecule has 0 saturated heterocycles. The van der Waals surface area contributed by atoms with Gasteiger partial charge in [-0.1, -0.05) is 25.3 Å². The third kappa shape index (κ3) is 3.61. The topological polar surface area (TPSA) is 64.7 Å². The van der Waals surface area contributed by atoms with E-state index in [2.05, 4.69) is 0 Å². The summed E-state index contributed by atoms with van der Waals surface area (Å²) in [6.45, 7) is 0.780. The quantitative estimate of drug-likeness (QED) is 0.857. The molecule has 1 aromatic carbocycles. The number of methoxy groups -OCH3 is 1. The van der Waals surface area contributed by atoms with E-state index in [9.17, 15) is 5.11 Å². The molecule has 4 heteroatoms. The van der Waals surface area contributed by atoms with Crippen LogP contribution in [0.2, 0.25) is 0 Å². The molecule has 0 radical (unpaired) electrons. The van der Waals surface area contributed by atoms with Crippen molar-refractivity contribution in [3.63, 3.8) is 0 Å². The first-order valence-electron chi connectivity index (χ1n) is 6.89. The lowest BCUT2D eigenvalue weighted by Gasteiger charge is -2.31. The van der Waals surface area contributed by atoms with Gasteiger partial charge in [-0.05, 0) is 30.5 Å². The fourth-order valence-corrected chi connectivity index (χ4v) is 2.53. The molecule has 1 aliphatic carbocycles. The van der Waals surface area contributed by atoms with Gasteiger partial charge < -0.3 is 20.3 Å². The molecule has 1 saturated carbocycles. The Morgan fingerprint density at radius 3 is 2.58 bits per heavy atom. The molecule has 0 aromatic heterocycles. The van der Waals surface area contributed by atoms with Crippen molar-refractivity contribution in [3.8, 4) is 11.5 Å². The predicted molar refractivity (Wildman–Crippen MR) is 74.4 cm³/mol. The number of hydrogen-bond donors (Lipinski definition) is 2. The second-order valence-electron chi connectivity index (χ2n) is 5.26. The van der Waals surface area contributed by atoms with Gasteiger partial charge in [0.05, 0.1) is 12.7 Å². The zero-order valence-corrected chi connectivity index (χ0v) is 11.5. The number of nitrogens with two attached hydrogens (primary N) is 1. The van der Waals surface area contributed by atoms with Crippen molar-refractivity contribution in [2.24, 2.45) is 5.73 Å². The monoisotopic (exact) mass is 265 g/mol. The van der Waals surface area contributed by atoms with Gasteiger partial charge in [-0.3, -0.25) is 0 Å². The molecule has 0 atom stereocenters. The van der Waals surface area contributed by atoms with E-state index in [1.54, 1.807) is 7.11 Å². The largest absolute Gasteiger partial charge is 0.493 e. The summed E-state index contributed by atoms with van der Waals surface area (Å²) >= 11 is 0. The van der Waals surface area contributed by atoms with E-state index in [1.807, 2.05) is 18.2 Å². The molecule has 0 amide bonds. The smallest absolute Gasteiger partial charge is 0.161 e. The number of ether oxygens (including phenoxy) is 2. The van der Waals surface area contributed by atoms with Crippen molar-refractivity contribution in [3.05, 3.63) is 23.8 Å². The first kappa shape index (κ1) is 14.2. The Morgan fingerprint density at radius 1 is 1.21 bits per heavy atom. The molecular weight excluding hydrogens is 242 g/mol. The Hall–Kier alpha value is -1.26. The molecule has 2 rings (SSSR count). The fourth-order valence-electron chi connectivity index (χ4n) is 2.53. The molecule has 1 aromatic rings. The number of rotatable bonds is 5. The minimum Gasteiger partial charge on any atom is -0.493 e. The fraction of sp³-hybridized carbons (Fsp3) is 0.600. The van der Waals surface area contributed by atoms with Crippen LogP contribution >= 0.6 is 0 Å². The van der Waals surface area contributed by atoms with Gasteiger partial charge in [0.25, 0.3) is 0 Å². The summed E-state index contributed by atoms with van der Waals surface area (Å²) < 4.78 is 11.1. The van der Waals surface area contributed by atoms with Crippen LogP contribution in [0.25, 0.3) is 0 Å². The van der Waals surface area contributed by atoms with E-state index in [0.29, 0.717) is 24.7 Å². The molecule has 19 heavy (non-hydrogen) atoms. The molecule has 0 aliphatic heterocycles. The summed E-state index contributed by atoms with van der Waals surface area (Å²) in [6, 6.07) is 5.65. The van der Waals surface area contributed by atoms with Crippen LogP contribution in [0.5, 0.6) is 11.5 Å². The predicted octanol–water partition coefficient (Wildman–Crippen LogP) is 2.23. The van der Waals surface area contributed by atoms with Crippen LogP contribution in [0.15, 0.2) is 18.2 Å². The van der Waals surface area contributed by atoms with Crippen molar-refractivity contribution in [2.45, 2.75) is 44.2 Å². The van der Waals surface area contributed by atoms with Gasteiger partial charge >= 0.3 is 0 Å². The summed E-state index contributed by atoms with van der Waals surface area (Å²) in [7, 11) is 1.61. The van der Waals surface area contributed by atoms with Crippen molar-refractivity contribution in [1.29, 1.82) is 0 Å². The van der Waals surface area contributed by atoms with E-state index >= 15 is 0 Å². The summed E-state index contributed by atoms with van der Waals surface area (Å²) in [4.78, 5) is 0. The maximum Gasteiger partial charge on any atom is 0.161 e. The normalized spacial score (nSPS) is 18.1. The van der Waals surface area contributed by atoms with E-state index in [1.165, 1.54) is 6.42 Å². The summed E-state index contributed by atoms with van der Waals surface area (Å²) in [6.07, 6.45) is 4.96. The lowest BCUT2D eigenvalue weighted by atomic mass is 9.85. The third-order valence-electron chi connectivity index (χ3n) is 3.74. The van der Waals surface area contributed by atoms with Crippen molar-refractivity contribution < 1.29 is 14.6 Å². The van der Waals surface area contributed by atoms with E-state index in [0.717, 1.165) is 31.2 Å². The number of benzene rings is 1. The van der Waals surface area contributed by atoms with Crippen LogP contribution in [0.3, 0.4) is 0 Å². The highest BCUT2D eigenvalue weighted by molar-refractivity contribution is 5.43. The second-order valence-corrected chi connectivity index (χ2v) is 5.26. The lowest BCUT2D eigenvalue weighted by Crippen LogP contribution is -2.37. The van der Waals surface area contributed by atoms with Crippen LogP contribution in [-0.4, -0.2) is 24.4 Å². The van der Waals surface area contributed by atoms with Gasteiger partial charge in [-0.2, -0.15) is 0 Å². The Kier molecular flexibility index (Phi) is 4.66. The highest BCUT2D eigenvalue weighted by atomic mass is 16.5. The van der Waals surface area contributed by atoms with Crippen LogP contribution in [0, 0.1) is 0 Å². The summed E-state index contributed by atoms with van der Waals surface area (Å²) in [5.41, 5.74) is 5.93. The number of aliphatic hydroxyl groups is 1. The first-order valence-corrected chi connectivity index (χ1v) is 6.89. The van der Waals surface area contributed by atoms with E-state index in [-0.39, 0.29) is 0 Å². The molecule has 4 nitrogen and oxygen atoms in total. The van der Waals surface area contributed by atoms with Gasteiger partial charge in [0, 0.05) is 6.54 Å². The van der Waals surface area contributed by atoms with E-state index < -0.39 is 5.60 Å². The Labute approximate surface area is 114 Å². The maximum atomic E-state index is 10.4. The Bertz CT molecular complexity index is 414. The van der Waals surface area contributed by atoms with Gasteiger partial charge in [-0.25, -0.2) is 0 Å². The maximum absolute atomic E-state index is 10.4. The molecule has 0 heterocycles. The average Bonchev–Trinajstić information content (AvgIpc) is 2.45. The lowest BCUT2D eigenvalue weighted by molar-refractivity contribution is -0.0343. The standard InChI is InChI=1S/C15H23NO3/c1-18-13-6-5-12(10-16)9-14(13)19-11-15(17)7-3-2-4-8-15/h5-6,9,17H,2-4,7-8,10-11,16H2,1H3. The minimum absolute atomic E-state index is 0.317. The van der Waals surface area contributed by atoms with Gasteiger partial charge in [-0.15, -0.1) is 0 Å². The summed E-state index contributed by atoms with van der Waals surface area (Å²) in [5, 5.41) is 10.4. The summed E-state index contributed by atoms with van der Waals surface area (Å²) in [5.74, 6) is 1.33. The zero-order chi connectivity index (χ0) is 13.7. The minimum atomic E-state index is -0.692. The highest BCUT2D eigenvalue weighted by Crippen LogP contribution is 2.32. The zero-order valence-electron chi connectivity index (χ0n) is 11.5. The first-order chi connectivity index (χ1) is 9.17. The van der Waals surface area contributed by atoms with Gasteiger partial charge in [0.15, 0.2) is 11.5 Å². The molecule has 106 valence electrons. The van der Waals surface area contributed by atoms with Crippen molar-refractivity contribution >= 4 is 0 Å². The number of hydrogen-bond acceptors (Lipinski definition) is 4. The molecular formula is C15H23NO3. The van der Waals surface area contributed by atoms with Gasteiger partial charge in [0.2, 0.25) is 0 Å². The molecule has 1 fully saturated rings. The molecule has 3 N–H and O–H groups in total. The Morgan fingerprint density at radius 2 is 1.95 bits per heavy atom. The third-order valence-corrected chi connectivity index (χ3v) is 3.74. The van der Waals surface area contributed by atoms with Crippen molar-refractivity contribution in [1.82, 2.24) is 0 Å². The molecule has 0 bridgehead atoms. The van der Waals surface area contributed by atoms with Crippen LogP contribution in [0.4, 0.5) is 0 Å². The average molecular weight is 265 g/mol. The molecule has 0 unspecified atom stereocenters. The van der Waals surface area contributed by atoms with Crippen molar-refractivity contribution in [2.75, 3.05) is 13.7 Å². The van der Waals surface area contributed by atoms with Crippen LogP contribution in [-0.2, 0) is 6.54 Å². The highest BCUT2D eigenvalue weighted by Gasteiger charge is 2.30. The molecule has 0 spiro atoms.